The van der Waals surface area contributed by atoms with Gasteiger partial charge in [-0.25, -0.2) is 0 Å². The van der Waals surface area contributed by atoms with Crippen LogP contribution in [0.15, 0.2) is 72.6 Å². The van der Waals surface area contributed by atoms with E-state index in [2.05, 4.69) is 18.2 Å². The van der Waals surface area contributed by atoms with Gasteiger partial charge in [0.1, 0.15) is 29.9 Å². The van der Waals surface area contributed by atoms with E-state index in [-0.39, 0.29) is 17.3 Å². The number of amides is 1. The van der Waals surface area contributed by atoms with Gasteiger partial charge in [-0.2, -0.15) is 0 Å². The highest BCUT2D eigenvalue weighted by Crippen LogP contribution is 2.46. The van der Waals surface area contributed by atoms with Crippen LogP contribution < -0.4 is 4.74 Å². The zero-order chi connectivity index (χ0) is 20.1. The summed E-state index contributed by atoms with van der Waals surface area (Å²) in [4.78, 5) is 15.0. The highest BCUT2D eigenvalue weighted by molar-refractivity contribution is 8.00. The minimum Gasteiger partial charge on any atom is -0.493 e. The summed E-state index contributed by atoms with van der Waals surface area (Å²) in [6.45, 7) is 2.55. The first-order chi connectivity index (χ1) is 14.3. The molecule has 0 aromatic heterocycles. The third-order valence-corrected chi connectivity index (χ3v) is 6.34. The van der Waals surface area contributed by atoms with Gasteiger partial charge in [0.25, 0.3) is 0 Å². The lowest BCUT2D eigenvalue weighted by atomic mass is 9.95. The Bertz CT molecular complexity index is 873. The fourth-order valence-corrected chi connectivity index (χ4v) is 5.07. The number of hydrogen-bond donors (Lipinski definition) is 0. The molecule has 2 unspecified atom stereocenters. The average Bonchev–Trinajstić information content (AvgIpc) is 3.15. The minimum absolute atomic E-state index is 0.0994. The Morgan fingerprint density at radius 3 is 2.97 bits per heavy atom. The largest absolute Gasteiger partial charge is 0.493 e. The van der Waals surface area contributed by atoms with Crippen LogP contribution in [0.3, 0.4) is 0 Å². The molecule has 0 radical (unpaired) electrons. The van der Waals surface area contributed by atoms with Gasteiger partial charge in [-0.3, -0.25) is 4.79 Å². The number of ether oxygens (including phenoxy) is 3. The van der Waals surface area contributed by atoms with Crippen LogP contribution in [0.25, 0.3) is 0 Å². The molecule has 1 aromatic rings. The molecule has 1 fully saturated rings. The summed E-state index contributed by atoms with van der Waals surface area (Å²) >= 11 is 1.63. The van der Waals surface area contributed by atoms with Crippen LogP contribution in [-0.2, 0) is 14.3 Å². The Morgan fingerprint density at radius 2 is 2.21 bits per heavy atom. The van der Waals surface area contributed by atoms with Crippen molar-refractivity contribution < 1.29 is 19.0 Å². The molecule has 3 aliphatic rings. The van der Waals surface area contributed by atoms with E-state index < -0.39 is 0 Å². The van der Waals surface area contributed by atoms with Crippen molar-refractivity contribution in [1.29, 1.82) is 0 Å². The zero-order valence-corrected chi connectivity index (χ0v) is 17.3. The molecule has 1 amide bonds. The van der Waals surface area contributed by atoms with Gasteiger partial charge in [0.05, 0.1) is 18.4 Å². The van der Waals surface area contributed by atoms with Gasteiger partial charge in [-0.15, -0.1) is 11.8 Å². The topological polar surface area (TPSA) is 48.0 Å². The molecule has 0 spiro atoms. The maximum Gasteiger partial charge on any atom is 0.234 e. The highest BCUT2D eigenvalue weighted by Gasteiger charge is 2.41. The summed E-state index contributed by atoms with van der Waals surface area (Å²) in [6.07, 6.45) is 13.7. The van der Waals surface area contributed by atoms with Crippen LogP contribution in [0.2, 0.25) is 0 Å². The smallest absolute Gasteiger partial charge is 0.234 e. The second-order valence-electron chi connectivity index (χ2n) is 6.99. The lowest BCUT2D eigenvalue weighted by molar-refractivity contribution is -0.130. The second kappa shape index (κ2) is 9.27. The minimum atomic E-state index is -0.236. The van der Waals surface area contributed by atoms with Gasteiger partial charge >= 0.3 is 0 Å². The van der Waals surface area contributed by atoms with E-state index in [1.807, 2.05) is 36.1 Å². The van der Waals surface area contributed by atoms with Crippen LogP contribution >= 0.6 is 11.8 Å². The molecule has 0 bridgehead atoms. The van der Waals surface area contributed by atoms with Gasteiger partial charge in [0.2, 0.25) is 5.91 Å². The van der Waals surface area contributed by atoms with Crippen molar-refractivity contribution in [2.45, 2.75) is 37.6 Å². The molecule has 6 heteroatoms. The van der Waals surface area contributed by atoms with Crippen molar-refractivity contribution >= 4 is 17.7 Å². The standard InChI is InChI=1S/C23H25NO4S/c1-2-27-20-11-7-6-10-18(20)23-24(22(25)16-29-23)19(21-15-26-12-13-28-21)14-17-8-4-3-5-9-17/h3-4,6-8,10-13,15,19,23H,2,5,9,14,16H2,1H3. The van der Waals surface area contributed by atoms with E-state index in [0.717, 1.165) is 24.2 Å². The SMILES string of the molecule is CCOc1ccccc1C1SCC(=O)N1C(CC1=CC=CCC1)C1=COC=CO1. The predicted octanol–water partition coefficient (Wildman–Crippen LogP) is 5.05. The molecule has 1 saturated heterocycles. The number of nitrogens with zero attached hydrogens (tertiary/aromatic N) is 1. The number of para-hydroxylation sites is 1. The molecule has 1 aliphatic carbocycles. The lowest BCUT2D eigenvalue weighted by Crippen LogP contribution is -2.40. The summed E-state index contributed by atoms with van der Waals surface area (Å²) in [5, 5.41) is -0.134. The Balaban J connectivity index is 1.69. The maximum atomic E-state index is 13.0. The normalized spacial score (nSPS) is 21.9. The molecule has 1 aromatic carbocycles. The van der Waals surface area contributed by atoms with E-state index >= 15 is 0 Å². The van der Waals surface area contributed by atoms with Gasteiger partial charge in [-0.05, 0) is 32.3 Å². The molecule has 2 heterocycles. The summed E-state index contributed by atoms with van der Waals surface area (Å²) < 4.78 is 17.0. The number of carbonyl (C=O) groups is 1. The van der Waals surface area contributed by atoms with Gasteiger partial charge in [-0.1, -0.05) is 42.0 Å². The molecule has 0 N–H and O–H groups in total. The fourth-order valence-electron chi connectivity index (χ4n) is 3.82. The molecule has 5 nitrogen and oxygen atoms in total. The quantitative estimate of drug-likeness (QED) is 0.628. The maximum absolute atomic E-state index is 13.0. The van der Waals surface area contributed by atoms with Crippen LogP contribution in [0.4, 0.5) is 0 Å². The Morgan fingerprint density at radius 1 is 1.31 bits per heavy atom. The van der Waals surface area contributed by atoms with Crippen molar-refractivity contribution in [1.82, 2.24) is 4.90 Å². The van der Waals surface area contributed by atoms with E-state index in [1.54, 1.807) is 18.0 Å². The van der Waals surface area contributed by atoms with E-state index in [9.17, 15) is 4.79 Å². The third-order valence-electron chi connectivity index (χ3n) is 5.13. The summed E-state index contributed by atoms with van der Waals surface area (Å²) in [7, 11) is 0. The lowest BCUT2D eigenvalue weighted by Gasteiger charge is -2.35. The zero-order valence-electron chi connectivity index (χ0n) is 16.5. The molecule has 2 aliphatic heterocycles. The molecule has 2 atom stereocenters. The van der Waals surface area contributed by atoms with Crippen molar-refractivity contribution in [2.75, 3.05) is 12.4 Å². The van der Waals surface area contributed by atoms with Gasteiger partial charge in [0.15, 0.2) is 5.76 Å². The number of carbonyl (C=O) groups excluding carboxylic acids is 1. The monoisotopic (exact) mass is 411 g/mol. The first-order valence-corrected chi connectivity index (χ1v) is 11.0. The number of hydrogen-bond acceptors (Lipinski definition) is 5. The van der Waals surface area contributed by atoms with E-state index in [4.69, 9.17) is 14.2 Å². The van der Waals surface area contributed by atoms with Gasteiger partial charge in [0, 0.05) is 5.56 Å². The first kappa shape index (κ1) is 19.7. The van der Waals surface area contributed by atoms with Crippen LogP contribution in [-0.4, -0.2) is 29.2 Å². The van der Waals surface area contributed by atoms with Crippen molar-refractivity contribution in [3.8, 4) is 5.75 Å². The summed E-state index contributed by atoms with van der Waals surface area (Å²) in [5.41, 5.74) is 2.32. The van der Waals surface area contributed by atoms with Crippen LogP contribution in [0.5, 0.6) is 5.75 Å². The van der Waals surface area contributed by atoms with Crippen LogP contribution in [0, 0.1) is 0 Å². The summed E-state index contributed by atoms with van der Waals surface area (Å²) in [5.74, 6) is 2.00. The van der Waals surface area contributed by atoms with Crippen molar-refractivity contribution in [3.05, 3.63) is 78.2 Å². The number of rotatable bonds is 7. The van der Waals surface area contributed by atoms with Crippen molar-refractivity contribution in [2.24, 2.45) is 0 Å². The Hall–Kier alpha value is -2.60. The molecule has 4 rings (SSSR count). The van der Waals surface area contributed by atoms with E-state index in [1.165, 1.54) is 18.1 Å². The van der Waals surface area contributed by atoms with Crippen LogP contribution in [0.1, 0.15) is 37.1 Å². The molecule has 152 valence electrons. The number of allylic oxidation sites excluding steroid dienone is 3. The van der Waals surface area contributed by atoms with E-state index in [0.29, 0.717) is 24.5 Å². The Labute approximate surface area is 175 Å². The fraction of sp³-hybridized carbons (Fsp3) is 0.348. The average molecular weight is 412 g/mol. The van der Waals surface area contributed by atoms with Crippen molar-refractivity contribution in [3.63, 3.8) is 0 Å². The van der Waals surface area contributed by atoms with Gasteiger partial charge < -0.3 is 19.1 Å². The summed E-state index contributed by atoms with van der Waals surface area (Å²) in [6, 6.07) is 7.72. The second-order valence-corrected chi connectivity index (χ2v) is 8.06. The third kappa shape index (κ3) is 4.37. The predicted molar refractivity (Wildman–Crippen MR) is 114 cm³/mol. The first-order valence-electron chi connectivity index (χ1n) is 9.94. The molecular formula is C23H25NO4S. The highest BCUT2D eigenvalue weighted by atomic mass is 32.2. The number of thioether (sulfide) groups is 1. The molecule has 0 saturated carbocycles. The Kier molecular flexibility index (Phi) is 6.30. The number of benzene rings is 1. The molecule has 29 heavy (non-hydrogen) atoms. The molecular weight excluding hydrogens is 386 g/mol.